The summed E-state index contributed by atoms with van der Waals surface area (Å²) in [6, 6.07) is 9.34. The van der Waals surface area contributed by atoms with Gasteiger partial charge in [-0.3, -0.25) is 4.79 Å². The SMILES string of the molecule is COC(=O)[C@@H](Cc1cccc(OC)c1)NC(=O)Cc1c(F)cccc1F. The van der Waals surface area contributed by atoms with Gasteiger partial charge in [0.05, 0.1) is 20.6 Å². The Balaban J connectivity index is 2.12. The molecule has 2 aromatic rings. The van der Waals surface area contributed by atoms with Gasteiger partial charge < -0.3 is 14.8 Å². The summed E-state index contributed by atoms with van der Waals surface area (Å²) in [6.45, 7) is 0. The fourth-order valence-electron chi connectivity index (χ4n) is 2.48. The number of methoxy groups -OCH3 is 2. The molecule has 0 spiro atoms. The third-order valence-electron chi connectivity index (χ3n) is 3.79. The number of hydrogen-bond donors (Lipinski definition) is 1. The first-order valence-electron chi connectivity index (χ1n) is 7.87. The monoisotopic (exact) mass is 363 g/mol. The zero-order valence-electron chi connectivity index (χ0n) is 14.4. The summed E-state index contributed by atoms with van der Waals surface area (Å²) in [5, 5.41) is 2.47. The van der Waals surface area contributed by atoms with E-state index in [1.807, 2.05) is 0 Å². The number of nitrogens with one attached hydrogen (secondary N) is 1. The third-order valence-corrected chi connectivity index (χ3v) is 3.79. The molecular formula is C19H19F2NO4. The molecule has 1 amide bonds. The zero-order chi connectivity index (χ0) is 19.1. The number of benzene rings is 2. The van der Waals surface area contributed by atoms with E-state index in [2.05, 4.69) is 5.32 Å². The quantitative estimate of drug-likeness (QED) is 0.768. The molecule has 5 nitrogen and oxygen atoms in total. The van der Waals surface area contributed by atoms with Gasteiger partial charge in [-0.15, -0.1) is 0 Å². The lowest BCUT2D eigenvalue weighted by molar-refractivity contribution is -0.145. The topological polar surface area (TPSA) is 64.6 Å². The van der Waals surface area contributed by atoms with Crippen LogP contribution < -0.4 is 10.1 Å². The standard InChI is InChI=1S/C19H19F2NO4/c1-25-13-6-3-5-12(9-13)10-17(19(24)26-2)22-18(23)11-14-15(20)7-4-8-16(14)21/h3-9,17H,10-11H2,1-2H3,(H,22,23)/t17-/m1/s1. The number of carbonyl (C=O) groups is 2. The molecule has 0 bridgehead atoms. The summed E-state index contributed by atoms with van der Waals surface area (Å²) >= 11 is 0. The lowest BCUT2D eigenvalue weighted by Crippen LogP contribution is -2.43. The van der Waals surface area contributed by atoms with Crippen LogP contribution in [0.3, 0.4) is 0 Å². The van der Waals surface area contributed by atoms with Gasteiger partial charge in [-0.05, 0) is 29.8 Å². The average molecular weight is 363 g/mol. The molecule has 138 valence electrons. The Hall–Kier alpha value is -2.96. The Morgan fingerprint density at radius 1 is 1.08 bits per heavy atom. The van der Waals surface area contributed by atoms with E-state index in [1.54, 1.807) is 24.3 Å². The molecule has 0 saturated heterocycles. The molecule has 0 heterocycles. The van der Waals surface area contributed by atoms with Crippen LogP contribution in [0.25, 0.3) is 0 Å². The third kappa shape index (κ3) is 5.02. The molecule has 0 aromatic heterocycles. The first kappa shape index (κ1) is 19.4. The Morgan fingerprint density at radius 3 is 2.35 bits per heavy atom. The van der Waals surface area contributed by atoms with Crippen molar-refractivity contribution < 1.29 is 27.8 Å². The molecule has 0 saturated carbocycles. The van der Waals surface area contributed by atoms with Crippen molar-refractivity contribution in [2.45, 2.75) is 18.9 Å². The molecule has 2 aromatic carbocycles. The largest absolute Gasteiger partial charge is 0.497 e. The zero-order valence-corrected chi connectivity index (χ0v) is 14.4. The fourth-order valence-corrected chi connectivity index (χ4v) is 2.48. The van der Waals surface area contributed by atoms with Crippen LogP contribution >= 0.6 is 0 Å². The van der Waals surface area contributed by atoms with Crippen molar-refractivity contribution in [3.63, 3.8) is 0 Å². The minimum Gasteiger partial charge on any atom is -0.497 e. The van der Waals surface area contributed by atoms with E-state index in [4.69, 9.17) is 9.47 Å². The molecule has 0 unspecified atom stereocenters. The Labute approximate surface area is 149 Å². The fraction of sp³-hybridized carbons (Fsp3) is 0.263. The van der Waals surface area contributed by atoms with Crippen LogP contribution in [0, 0.1) is 11.6 Å². The number of hydrogen-bond acceptors (Lipinski definition) is 4. The van der Waals surface area contributed by atoms with Gasteiger partial charge in [-0.25, -0.2) is 13.6 Å². The Kier molecular flexibility index (Phi) is 6.66. The first-order chi connectivity index (χ1) is 12.4. The number of amides is 1. The highest BCUT2D eigenvalue weighted by Gasteiger charge is 2.23. The summed E-state index contributed by atoms with van der Waals surface area (Å²) < 4.78 is 37.2. The molecule has 0 radical (unpaired) electrons. The summed E-state index contributed by atoms with van der Waals surface area (Å²) in [5.74, 6) is -2.38. The van der Waals surface area contributed by atoms with Crippen LogP contribution in [-0.4, -0.2) is 32.1 Å². The molecule has 0 fully saturated rings. The van der Waals surface area contributed by atoms with E-state index in [0.717, 1.165) is 17.7 Å². The van der Waals surface area contributed by atoms with Gasteiger partial charge in [-0.2, -0.15) is 0 Å². The highest BCUT2D eigenvalue weighted by molar-refractivity contribution is 5.85. The lowest BCUT2D eigenvalue weighted by atomic mass is 10.0. The minimum absolute atomic E-state index is 0.148. The maximum Gasteiger partial charge on any atom is 0.328 e. The summed E-state index contributed by atoms with van der Waals surface area (Å²) in [7, 11) is 2.71. The number of halogens is 2. The number of esters is 1. The van der Waals surface area contributed by atoms with Gasteiger partial charge in [0.2, 0.25) is 5.91 Å². The smallest absolute Gasteiger partial charge is 0.328 e. The van der Waals surface area contributed by atoms with E-state index in [0.29, 0.717) is 5.75 Å². The van der Waals surface area contributed by atoms with Crippen LogP contribution in [0.1, 0.15) is 11.1 Å². The van der Waals surface area contributed by atoms with Crippen molar-refractivity contribution >= 4 is 11.9 Å². The second-order valence-corrected chi connectivity index (χ2v) is 5.58. The van der Waals surface area contributed by atoms with Gasteiger partial charge in [0.25, 0.3) is 0 Å². The molecular weight excluding hydrogens is 344 g/mol. The Morgan fingerprint density at radius 2 is 1.73 bits per heavy atom. The summed E-state index contributed by atoms with van der Waals surface area (Å²) in [6.07, 6.45) is -0.376. The lowest BCUT2D eigenvalue weighted by Gasteiger charge is -2.17. The second kappa shape index (κ2) is 8.94. The van der Waals surface area contributed by atoms with Gasteiger partial charge in [-0.1, -0.05) is 18.2 Å². The van der Waals surface area contributed by atoms with Crippen molar-refractivity contribution in [1.29, 1.82) is 0 Å². The normalized spacial score (nSPS) is 11.5. The van der Waals surface area contributed by atoms with Gasteiger partial charge >= 0.3 is 5.97 Å². The highest BCUT2D eigenvalue weighted by Crippen LogP contribution is 2.15. The molecule has 1 atom stereocenters. The van der Waals surface area contributed by atoms with Gasteiger partial charge in [0.15, 0.2) is 0 Å². The van der Waals surface area contributed by atoms with Crippen molar-refractivity contribution in [3.8, 4) is 5.75 Å². The van der Waals surface area contributed by atoms with Crippen molar-refractivity contribution in [3.05, 3.63) is 65.2 Å². The van der Waals surface area contributed by atoms with Crippen LogP contribution in [0.2, 0.25) is 0 Å². The van der Waals surface area contributed by atoms with Crippen molar-refractivity contribution in [1.82, 2.24) is 5.32 Å². The van der Waals surface area contributed by atoms with E-state index in [9.17, 15) is 18.4 Å². The van der Waals surface area contributed by atoms with E-state index < -0.39 is 36.0 Å². The maximum atomic E-state index is 13.7. The first-order valence-corrected chi connectivity index (χ1v) is 7.87. The second-order valence-electron chi connectivity index (χ2n) is 5.58. The maximum absolute atomic E-state index is 13.7. The Bertz CT molecular complexity index is 775. The minimum atomic E-state index is -0.991. The van der Waals surface area contributed by atoms with Crippen LogP contribution in [0.15, 0.2) is 42.5 Å². The molecule has 26 heavy (non-hydrogen) atoms. The number of rotatable bonds is 7. The van der Waals surface area contributed by atoms with E-state index in [1.165, 1.54) is 20.3 Å². The van der Waals surface area contributed by atoms with Gasteiger partial charge in [0, 0.05) is 12.0 Å². The van der Waals surface area contributed by atoms with E-state index in [-0.39, 0.29) is 12.0 Å². The predicted molar refractivity (Wildman–Crippen MR) is 90.7 cm³/mol. The highest BCUT2D eigenvalue weighted by atomic mass is 19.1. The number of carbonyl (C=O) groups excluding carboxylic acids is 2. The number of ether oxygens (including phenoxy) is 2. The predicted octanol–water partition coefficient (Wildman–Crippen LogP) is 2.42. The molecule has 7 heteroatoms. The summed E-state index contributed by atoms with van der Waals surface area (Å²) in [4.78, 5) is 24.2. The molecule has 0 aliphatic heterocycles. The van der Waals surface area contributed by atoms with Gasteiger partial charge in [0.1, 0.15) is 23.4 Å². The van der Waals surface area contributed by atoms with Crippen LogP contribution in [-0.2, 0) is 27.2 Å². The molecule has 0 aliphatic rings. The average Bonchev–Trinajstić information content (AvgIpc) is 2.63. The summed E-state index contributed by atoms with van der Waals surface area (Å²) in [5.41, 5.74) is 0.382. The molecule has 2 rings (SSSR count). The van der Waals surface area contributed by atoms with E-state index >= 15 is 0 Å². The molecule has 1 N–H and O–H groups in total. The van der Waals surface area contributed by atoms with Crippen molar-refractivity contribution in [2.24, 2.45) is 0 Å². The molecule has 0 aliphatic carbocycles. The van der Waals surface area contributed by atoms with Crippen LogP contribution in [0.5, 0.6) is 5.75 Å². The van der Waals surface area contributed by atoms with Crippen molar-refractivity contribution in [2.75, 3.05) is 14.2 Å². The van der Waals surface area contributed by atoms with Crippen LogP contribution in [0.4, 0.5) is 8.78 Å².